The summed E-state index contributed by atoms with van der Waals surface area (Å²) in [5, 5.41) is 0. The minimum absolute atomic E-state index is 0.247. The number of hydrogen-bond acceptors (Lipinski definition) is 3. The third kappa shape index (κ3) is 3.02. The third-order valence-electron chi connectivity index (χ3n) is 1.25. The standard InChI is InChI=1S/C7H13NO3/c1-4-5(9)11-7(2,3)6(8)10/h4H2,1-3H3,(H2,8,10). The number of amides is 1. The number of carbonyl (C=O) groups excluding carboxylic acids is 2. The van der Waals surface area contributed by atoms with Gasteiger partial charge in [0.2, 0.25) is 0 Å². The molecule has 0 aromatic heterocycles. The fourth-order valence-corrected chi connectivity index (χ4v) is 0.407. The topological polar surface area (TPSA) is 69.4 Å². The second-order valence-corrected chi connectivity index (χ2v) is 2.70. The number of primary amides is 1. The van der Waals surface area contributed by atoms with Crippen molar-refractivity contribution in [1.82, 2.24) is 0 Å². The van der Waals surface area contributed by atoms with Gasteiger partial charge in [-0.3, -0.25) is 9.59 Å². The van der Waals surface area contributed by atoms with Crippen molar-refractivity contribution in [2.75, 3.05) is 0 Å². The lowest BCUT2D eigenvalue weighted by atomic mass is 10.1. The smallest absolute Gasteiger partial charge is 0.306 e. The number of hydrogen-bond donors (Lipinski definition) is 1. The van der Waals surface area contributed by atoms with Crippen LogP contribution in [-0.2, 0) is 14.3 Å². The predicted octanol–water partition coefficient (Wildman–Crippen LogP) is 0.203. The quantitative estimate of drug-likeness (QED) is 0.598. The van der Waals surface area contributed by atoms with Crippen molar-refractivity contribution >= 4 is 11.9 Å². The fraction of sp³-hybridized carbons (Fsp3) is 0.714. The Morgan fingerprint density at radius 3 is 2.18 bits per heavy atom. The van der Waals surface area contributed by atoms with E-state index in [1.54, 1.807) is 6.92 Å². The molecular weight excluding hydrogens is 146 g/mol. The molecule has 0 unspecified atom stereocenters. The van der Waals surface area contributed by atoms with E-state index in [9.17, 15) is 9.59 Å². The van der Waals surface area contributed by atoms with Crippen LogP contribution in [0.2, 0.25) is 0 Å². The Balaban J connectivity index is 4.12. The second kappa shape index (κ2) is 3.37. The van der Waals surface area contributed by atoms with Crippen molar-refractivity contribution in [3.8, 4) is 0 Å². The number of esters is 1. The average molecular weight is 159 g/mol. The maximum atomic E-state index is 10.7. The first-order chi connectivity index (χ1) is 4.90. The van der Waals surface area contributed by atoms with E-state index in [4.69, 9.17) is 10.5 Å². The maximum absolute atomic E-state index is 10.7. The largest absolute Gasteiger partial charge is 0.450 e. The fourth-order valence-electron chi connectivity index (χ4n) is 0.407. The molecule has 0 atom stereocenters. The van der Waals surface area contributed by atoms with E-state index >= 15 is 0 Å². The first-order valence-corrected chi connectivity index (χ1v) is 3.42. The molecule has 0 radical (unpaired) electrons. The molecule has 0 rings (SSSR count). The van der Waals surface area contributed by atoms with Crippen molar-refractivity contribution in [3.63, 3.8) is 0 Å². The lowest BCUT2D eigenvalue weighted by Crippen LogP contribution is -2.42. The molecule has 0 bridgehead atoms. The van der Waals surface area contributed by atoms with Crippen LogP contribution >= 0.6 is 0 Å². The molecule has 0 fully saturated rings. The van der Waals surface area contributed by atoms with Crippen LogP contribution < -0.4 is 5.73 Å². The highest BCUT2D eigenvalue weighted by Gasteiger charge is 2.28. The lowest BCUT2D eigenvalue weighted by Gasteiger charge is -2.20. The summed E-state index contributed by atoms with van der Waals surface area (Å²) in [7, 11) is 0. The van der Waals surface area contributed by atoms with Crippen LogP contribution in [0.4, 0.5) is 0 Å². The number of rotatable bonds is 3. The minimum Gasteiger partial charge on any atom is -0.450 e. The van der Waals surface area contributed by atoms with Gasteiger partial charge in [-0.15, -0.1) is 0 Å². The van der Waals surface area contributed by atoms with Crippen LogP contribution in [0.5, 0.6) is 0 Å². The van der Waals surface area contributed by atoms with Gasteiger partial charge in [0.25, 0.3) is 5.91 Å². The number of carbonyl (C=O) groups is 2. The molecular formula is C7H13NO3. The molecule has 0 aromatic rings. The molecule has 0 aliphatic carbocycles. The van der Waals surface area contributed by atoms with Crippen molar-refractivity contribution in [2.45, 2.75) is 32.8 Å². The summed E-state index contributed by atoms with van der Waals surface area (Å²) in [4.78, 5) is 21.3. The first kappa shape index (κ1) is 9.94. The Kier molecular flexibility index (Phi) is 3.04. The minimum atomic E-state index is -1.19. The Morgan fingerprint density at radius 2 is 1.91 bits per heavy atom. The highest BCUT2D eigenvalue weighted by Crippen LogP contribution is 2.08. The molecule has 0 heterocycles. The summed E-state index contributed by atoms with van der Waals surface area (Å²) in [6.45, 7) is 4.57. The normalized spacial score (nSPS) is 10.8. The molecule has 4 nitrogen and oxygen atoms in total. The molecule has 0 saturated carbocycles. The first-order valence-electron chi connectivity index (χ1n) is 3.42. The van der Waals surface area contributed by atoms with Gasteiger partial charge in [-0.2, -0.15) is 0 Å². The van der Waals surface area contributed by atoms with Gasteiger partial charge in [0.05, 0.1) is 0 Å². The Hall–Kier alpha value is -1.06. The zero-order valence-electron chi connectivity index (χ0n) is 7.01. The maximum Gasteiger partial charge on any atom is 0.306 e. The lowest BCUT2D eigenvalue weighted by molar-refractivity contribution is -0.163. The van der Waals surface area contributed by atoms with Gasteiger partial charge < -0.3 is 10.5 Å². The van der Waals surface area contributed by atoms with Gasteiger partial charge in [-0.1, -0.05) is 6.92 Å². The summed E-state index contributed by atoms with van der Waals surface area (Å²) in [6.07, 6.45) is 0.247. The van der Waals surface area contributed by atoms with E-state index in [0.717, 1.165) is 0 Å². The van der Waals surface area contributed by atoms with Crippen molar-refractivity contribution in [1.29, 1.82) is 0 Å². The Morgan fingerprint density at radius 1 is 1.45 bits per heavy atom. The van der Waals surface area contributed by atoms with E-state index in [1.165, 1.54) is 13.8 Å². The van der Waals surface area contributed by atoms with Crippen LogP contribution in [0.15, 0.2) is 0 Å². The SMILES string of the molecule is CCC(=O)OC(C)(C)C(N)=O. The van der Waals surface area contributed by atoms with Gasteiger partial charge in [-0.25, -0.2) is 0 Å². The van der Waals surface area contributed by atoms with Gasteiger partial charge >= 0.3 is 5.97 Å². The van der Waals surface area contributed by atoms with E-state index in [0.29, 0.717) is 0 Å². The van der Waals surface area contributed by atoms with Crippen LogP contribution in [-0.4, -0.2) is 17.5 Å². The van der Waals surface area contributed by atoms with Crippen molar-refractivity contribution < 1.29 is 14.3 Å². The zero-order valence-corrected chi connectivity index (χ0v) is 7.01. The molecule has 1 amide bonds. The molecule has 0 aromatic carbocycles. The van der Waals surface area contributed by atoms with E-state index in [-0.39, 0.29) is 6.42 Å². The van der Waals surface area contributed by atoms with Crippen molar-refractivity contribution in [2.24, 2.45) is 5.73 Å². The number of nitrogens with two attached hydrogens (primary N) is 1. The van der Waals surface area contributed by atoms with Crippen LogP contribution in [0.1, 0.15) is 27.2 Å². The van der Waals surface area contributed by atoms with E-state index in [2.05, 4.69) is 0 Å². The van der Waals surface area contributed by atoms with Crippen LogP contribution in [0.25, 0.3) is 0 Å². The van der Waals surface area contributed by atoms with Gasteiger partial charge in [0, 0.05) is 6.42 Å². The predicted molar refractivity (Wildman–Crippen MR) is 39.7 cm³/mol. The molecule has 11 heavy (non-hydrogen) atoms. The Bertz CT molecular complexity index is 175. The molecule has 0 spiro atoms. The van der Waals surface area contributed by atoms with E-state index < -0.39 is 17.5 Å². The monoisotopic (exact) mass is 159 g/mol. The molecule has 0 aliphatic rings. The third-order valence-corrected chi connectivity index (χ3v) is 1.25. The Labute approximate surface area is 65.7 Å². The molecule has 64 valence electrons. The summed E-state index contributed by atoms with van der Waals surface area (Å²) in [5.41, 5.74) is 3.77. The summed E-state index contributed by atoms with van der Waals surface area (Å²) in [6, 6.07) is 0. The highest BCUT2D eigenvalue weighted by atomic mass is 16.6. The summed E-state index contributed by atoms with van der Waals surface area (Å²) in [5.74, 6) is -1.06. The van der Waals surface area contributed by atoms with Crippen LogP contribution in [0, 0.1) is 0 Å². The number of ether oxygens (including phenoxy) is 1. The molecule has 0 aliphatic heterocycles. The zero-order chi connectivity index (χ0) is 9.07. The van der Waals surface area contributed by atoms with Crippen molar-refractivity contribution in [3.05, 3.63) is 0 Å². The van der Waals surface area contributed by atoms with Gasteiger partial charge in [0.15, 0.2) is 5.60 Å². The molecule has 2 N–H and O–H groups in total. The summed E-state index contributed by atoms with van der Waals surface area (Å²) >= 11 is 0. The summed E-state index contributed by atoms with van der Waals surface area (Å²) < 4.78 is 4.73. The van der Waals surface area contributed by atoms with E-state index in [1.807, 2.05) is 0 Å². The van der Waals surface area contributed by atoms with Gasteiger partial charge in [-0.05, 0) is 13.8 Å². The second-order valence-electron chi connectivity index (χ2n) is 2.70. The van der Waals surface area contributed by atoms with Gasteiger partial charge in [0.1, 0.15) is 0 Å². The molecule has 4 heteroatoms. The van der Waals surface area contributed by atoms with Crippen LogP contribution in [0.3, 0.4) is 0 Å². The molecule has 0 saturated heterocycles. The average Bonchev–Trinajstić information content (AvgIpc) is 1.86. The highest BCUT2D eigenvalue weighted by molar-refractivity contribution is 5.85.